The van der Waals surface area contributed by atoms with Gasteiger partial charge in [-0.3, -0.25) is 29.6 Å². The van der Waals surface area contributed by atoms with Gasteiger partial charge in [-0.25, -0.2) is 19.0 Å². The predicted octanol–water partition coefficient (Wildman–Crippen LogP) is 7.94. The number of aryl methyl sites for hydroxylation is 2. The molecule has 380 valence electrons. The molecule has 2 fully saturated rings. The first-order chi connectivity index (χ1) is 34.5. The molecule has 6 heterocycles. The molecule has 2 aliphatic heterocycles. The molecular formula is C52H70FN13O5. The molecule has 1 aromatic carbocycles. The second-order valence-electron chi connectivity index (χ2n) is 18.9. The third kappa shape index (κ3) is 15.4. The first-order valence-electron chi connectivity index (χ1n) is 25.3. The zero-order valence-electron chi connectivity index (χ0n) is 41.4. The van der Waals surface area contributed by atoms with Crippen LogP contribution in [0.15, 0.2) is 67.1 Å². The van der Waals surface area contributed by atoms with E-state index < -0.39 is 17.5 Å². The molecule has 71 heavy (non-hydrogen) atoms. The van der Waals surface area contributed by atoms with E-state index in [1.54, 1.807) is 19.4 Å². The van der Waals surface area contributed by atoms with E-state index in [1.165, 1.54) is 43.0 Å². The largest absolute Gasteiger partial charge is 0.385 e. The number of H-pyrrole nitrogens is 1. The number of rotatable bonds is 27. The lowest BCUT2D eigenvalue weighted by atomic mass is 9.89. The normalized spacial score (nSPS) is 16.1. The number of methoxy groups -OCH3 is 1. The number of aromatic amines is 1. The maximum atomic E-state index is 14.2. The van der Waals surface area contributed by atoms with Crippen LogP contribution in [0.4, 0.5) is 27.7 Å². The fraction of sp³-hybridized carbons (Fsp3) is 0.519. The van der Waals surface area contributed by atoms with Crippen LogP contribution in [-0.2, 0) is 23.9 Å². The highest BCUT2D eigenvalue weighted by Gasteiger charge is 2.43. The lowest BCUT2D eigenvalue weighted by Gasteiger charge is -2.40. The molecule has 5 aromatic rings. The van der Waals surface area contributed by atoms with Crippen molar-refractivity contribution in [3.05, 3.63) is 95.5 Å². The summed E-state index contributed by atoms with van der Waals surface area (Å²) < 4.78 is 21.1. The Balaban J connectivity index is 0.786. The van der Waals surface area contributed by atoms with E-state index in [0.29, 0.717) is 88.0 Å². The van der Waals surface area contributed by atoms with Crippen LogP contribution in [0.2, 0.25) is 0 Å². The number of unbranched alkanes of at least 4 members (excludes halogenated alkanes) is 9. The Morgan fingerprint density at radius 3 is 2.32 bits per heavy atom. The van der Waals surface area contributed by atoms with E-state index in [9.17, 15) is 23.6 Å². The van der Waals surface area contributed by atoms with Crippen molar-refractivity contribution in [1.29, 1.82) is 0 Å². The Morgan fingerprint density at radius 1 is 0.887 bits per heavy atom. The molecule has 7 rings (SSSR count). The number of hydrogen-bond acceptors (Lipinski definition) is 13. The number of amides is 4. The Bertz CT molecular complexity index is 2520. The summed E-state index contributed by atoms with van der Waals surface area (Å²) in [5, 5.41) is 26.7. The van der Waals surface area contributed by atoms with Crippen LogP contribution in [-0.4, -0.2) is 97.4 Å². The second-order valence-corrected chi connectivity index (χ2v) is 18.9. The molecule has 0 bridgehead atoms. The number of carbonyl (C=O) groups excluding carboxylic acids is 4. The molecule has 0 saturated carbocycles. The van der Waals surface area contributed by atoms with Gasteiger partial charge in [-0.1, -0.05) is 69.6 Å². The molecule has 2 atom stereocenters. The van der Waals surface area contributed by atoms with Crippen LogP contribution in [0.5, 0.6) is 0 Å². The van der Waals surface area contributed by atoms with Gasteiger partial charge >= 0.3 is 0 Å². The lowest BCUT2D eigenvalue weighted by molar-refractivity contribution is -0.147. The van der Waals surface area contributed by atoms with E-state index in [-0.39, 0.29) is 29.5 Å². The van der Waals surface area contributed by atoms with Crippen molar-refractivity contribution in [1.82, 2.24) is 50.9 Å². The topological polar surface area (TPSA) is 226 Å². The summed E-state index contributed by atoms with van der Waals surface area (Å²) in [7, 11) is 1.57. The first-order valence-corrected chi connectivity index (χ1v) is 25.3. The van der Waals surface area contributed by atoms with Crippen molar-refractivity contribution < 1.29 is 28.3 Å². The number of aromatic nitrogens is 7. The van der Waals surface area contributed by atoms with Crippen molar-refractivity contribution in [3.63, 3.8) is 0 Å². The predicted molar refractivity (Wildman–Crippen MR) is 270 cm³/mol. The zero-order chi connectivity index (χ0) is 50.0. The molecular weight excluding hydrogens is 906 g/mol. The van der Waals surface area contributed by atoms with Crippen LogP contribution in [0, 0.1) is 19.7 Å². The SMILES string of the molecule is COC1(C(=O)N[C@@H](CCCNC(=O)CCCCCCCCCCCCNc2cccc(C3CCC(=O)NC3=O)c2)c2ccc(-n3cc(F)cn3)nc2)CCN(c2nc(C)cc(Nc3cc(C)[nH]n3)n2)CC1. The molecule has 0 aliphatic carbocycles. The Hall–Kier alpha value is -6.76. The summed E-state index contributed by atoms with van der Waals surface area (Å²) in [6.07, 6.45) is 18.7. The molecule has 1 unspecified atom stereocenters. The van der Waals surface area contributed by atoms with Crippen LogP contribution in [0.1, 0.15) is 144 Å². The van der Waals surface area contributed by atoms with Crippen LogP contribution >= 0.6 is 0 Å². The molecule has 19 heteroatoms. The van der Waals surface area contributed by atoms with Crippen molar-refractivity contribution in [3.8, 4) is 5.82 Å². The summed E-state index contributed by atoms with van der Waals surface area (Å²) in [5.74, 6) is 0.938. The fourth-order valence-corrected chi connectivity index (χ4v) is 9.30. The van der Waals surface area contributed by atoms with Gasteiger partial charge in [-0.2, -0.15) is 15.2 Å². The third-order valence-electron chi connectivity index (χ3n) is 13.4. The fourth-order valence-electron chi connectivity index (χ4n) is 9.30. The molecule has 2 aliphatic rings. The number of benzene rings is 1. The molecule has 4 aromatic heterocycles. The van der Waals surface area contributed by atoms with Gasteiger partial charge in [0, 0.05) is 94.4 Å². The molecule has 0 spiro atoms. The maximum Gasteiger partial charge on any atom is 0.252 e. The summed E-state index contributed by atoms with van der Waals surface area (Å²) in [6.45, 7) is 6.18. The minimum Gasteiger partial charge on any atom is -0.385 e. The minimum absolute atomic E-state index is 0.0291. The van der Waals surface area contributed by atoms with Gasteiger partial charge < -0.3 is 30.9 Å². The number of pyridine rings is 1. The third-order valence-corrected chi connectivity index (χ3v) is 13.4. The average molecular weight is 976 g/mol. The van der Waals surface area contributed by atoms with E-state index in [1.807, 2.05) is 56.3 Å². The molecule has 6 N–H and O–H groups in total. The van der Waals surface area contributed by atoms with Crippen LogP contribution < -0.4 is 31.5 Å². The summed E-state index contributed by atoms with van der Waals surface area (Å²) in [6, 6.07) is 14.9. The van der Waals surface area contributed by atoms with Crippen LogP contribution in [0.3, 0.4) is 0 Å². The second kappa shape index (κ2) is 25.9. The zero-order valence-corrected chi connectivity index (χ0v) is 41.4. The average Bonchev–Trinajstić information content (AvgIpc) is 4.00. The van der Waals surface area contributed by atoms with Gasteiger partial charge in [0.2, 0.25) is 23.7 Å². The van der Waals surface area contributed by atoms with Gasteiger partial charge in [-0.05, 0) is 75.3 Å². The minimum atomic E-state index is -1.09. The Kier molecular flexibility index (Phi) is 19.0. The molecule has 18 nitrogen and oxygen atoms in total. The summed E-state index contributed by atoms with van der Waals surface area (Å²) in [4.78, 5) is 66.9. The lowest BCUT2D eigenvalue weighted by Crippen LogP contribution is -2.55. The highest BCUT2D eigenvalue weighted by atomic mass is 19.1. The number of nitrogens with zero attached hydrogens (tertiary/aromatic N) is 7. The maximum absolute atomic E-state index is 14.2. The quantitative estimate of drug-likeness (QED) is 0.0217. The number of piperidine rings is 2. The van der Waals surface area contributed by atoms with Gasteiger partial charge in [0.15, 0.2) is 17.5 Å². The number of halogens is 1. The van der Waals surface area contributed by atoms with Gasteiger partial charge in [0.05, 0.1) is 24.4 Å². The Labute approximate surface area is 415 Å². The molecule has 4 amide bonds. The monoisotopic (exact) mass is 976 g/mol. The number of nitrogens with one attached hydrogen (secondary N) is 6. The van der Waals surface area contributed by atoms with E-state index in [0.717, 1.165) is 73.0 Å². The highest BCUT2D eigenvalue weighted by molar-refractivity contribution is 6.01. The van der Waals surface area contributed by atoms with Crippen molar-refractivity contribution in [2.75, 3.05) is 48.8 Å². The molecule has 0 radical (unpaired) electrons. The van der Waals surface area contributed by atoms with Crippen molar-refractivity contribution >= 4 is 46.9 Å². The Morgan fingerprint density at radius 2 is 1.65 bits per heavy atom. The highest BCUT2D eigenvalue weighted by Crippen LogP contribution is 2.31. The van der Waals surface area contributed by atoms with E-state index in [4.69, 9.17) is 9.72 Å². The number of hydrogen-bond donors (Lipinski definition) is 6. The van der Waals surface area contributed by atoms with Gasteiger partial charge in [-0.15, -0.1) is 0 Å². The summed E-state index contributed by atoms with van der Waals surface area (Å²) in [5.41, 5.74) is 3.36. The number of imide groups is 1. The number of anilines is 4. The van der Waals surface area contributed by atoms with Gasteiger partial charge in [0.1, 0.15) is 11.4 Å². The smallest absolute Gasteiger partial charge is 0.252 e. The summed E-state index contributed by atoms with van der Waals surface area (Å²) >= 11 is 0. The first kappa shape index (κ1) is 52.1. The standard InChI is InChI=1S/C52H70FN13O5/c1-36-30-44(60-45-31-37(2)63-64-45)61-51(58-36)65-28-24-52(71-3,25-29-65)50(70)59-43(39-20-22-46(56-33-39)66-35-40(53)34-57-66)18-15-27-55-47(67)19-12-10-8-6-4-5-7-9-11-13-26-54-41-17-14-16-38(32-41)42-21-23-48(68)62-49(42)69/h14,16-17,20,22,30-35,42-43,54H,4-13,15,18-19,21,23-29H2,1-3H3,(H,55,67)(H,59,70)(H,62,68,69)(H2,58,60,61,63,64)/t42?,43-/m0/s1. The van der Waals surface area contributed by atoms with E-state index in [2.05, 4.69) is 56.7 Å². The number of ether oxygens (including phenoxy) is 1. The van der Waals surface area contributed by atoms with Gasteiger partial charge in [0.25, 0.3) is 5.91 Å². The van der Waals surface area contributed by atoms with Crippen LogP contribution in [0.25, 0.3) is 5.82 Å². The van der Waals surface area contributed by atoms with Crippen molar-refractivity contribution in [2.45, 2.75) is 141 Å². The van der Waals surface area contributed by atoms with E-state index >= 15 is 0 Å². The molecule has 2 saturated heterocycles. The number of carbonyl (C=O) groups is 4. The van der Waals surface area contributed by atoms with Crippen molar-refractivity contribution in [2.24, 2.45) is 0 Å².